The maximum absolute atomic E-state index is 15.1. The summed E-state index contributed by atoms with van der Waals surface area (Å²) in [5.74, 6) is 0.0696. The summed E-state index contributed by atoms with van der Waals surface area (Å²) in [6.07, 6.45) is 4.81. The quantitative estimate of drug-likeness (QED) is 0.666. The molecule has 160 valence electrons. The average Bonchev–Trinajstić information content (AvgIpc) is 3.33. The number of phenolic OH excluding ortho intramolecular Hbond substituents is 1. The van der Waals surface area contributed by atoms with Crippen molar-refractivity contribution in [1.29, 1.82) is 0 Å². The van der Waals surface area contributed by atoms with Crippen LogP contribution in [-0.2, 0) is 0 Å². The van der Waals surface area contributed by atoms with Crippen LogP contribution in [0.15, 0.2) is 54.6 Å². The zero-order chi connectivity index (χ0) is 21.8. The second-order valence-corrected chi connectivity index (χ2v) is 8.91. The van der Waals surface area contributed by atoms with E-state index in [1.807, 2.05) is 6.07 Å². The Morgan fingerprint density at radius 1 is 1.16 bits per heavy atom. The van der Waals surface area contributed by atoms with Crippen molar-refractivity contribution in [2.45, 2.75) is 50.1 Å². The van der Waals surface area contributed by atoms with Crippen molar-refractivity contribution in [3.05, 3.63) is 60.3 Å². The van der Waals surface area contributed by atoms with Crippen LogP contribution in [0.3, 0.4) is 0 Å². The molecule has 0 saturated carbocycles. The van der Waals surface area contributed by atoms with Crippen molar-refractivity contribution in [1.82, 2.24) is 25.1 Å². The molecule has 0 radical (unpaired) electrons. The molecular weight excluding hydrogens is 400 g/mol. The Morgan fingerprint density at radius 2 is 2.00 bits per heavy atom. The molecule has 8 heteroatoms. The smallest absolute Gasteiger partial charge is 0.140 e. The molecule has 4 atom stereocenters. The van der Waals surface area contributed by atoms with E-state index >= 15 is 4.39 Å². The highest BCUT2D eigenvalue weighted by molar-refractivity contribution is 5.69. The van der Waals surface area contributed by atoms with Crippen LogP contribution >= 0.6 is 0 Å². The minimum absolute atomic E-state index is 0.0696. The van der Waals surface area contributed by atoms with E-state index in [1.165, 1.54) is 0 Å². The number of phenols is 1. The minimum atomic E-state index is -1.29. The number of imidazole rings is 1. The molecule has 1 aromatic carbocycles. The summed E-state index contributed by atoms with van der Waals surface area (Å²) in [5.41, 5.74) is 1.17. The van der Waals surface area contributed by atoms with Crippen LogP contribution in [0.4, 0.5) is 8.78 Å². The van der Waals surface area contributed by atoms with Crippen LogP contribution in [0, 0.1) is 0 Å². The summed E-state index contributed by atoms with van der Waals surface area (Å²) in [4.78, 5) is 4.00. The second-order valence-electron chi connectivity index (χ2n) is 8.91. The van der Waals surface area contributed by atoms with Gasteiger partial charge in [0.25, 0.3) is 0 Å². The molecule has 6 nitrogen and oxygen atoms in total. The molecule has 2 fully saturated rings. The predicted octanol–water partition coefficient (Wildman–Crippen LogP) is 4.01. The standard InChI is InChI=1S/C23H23F2N5O/c1-22-11-14(21(25)23(2,29-22)12-20(22)24)9-15-3-6-18(28-27-15)17-5-4-16(10-19(17)31)30-8-7-26-13-30/h3-10,13,20-21,29,31H,11-12H2,1-2H3/b14-9+/t20-,21+,22+,23+/m1/s1. The first-order valence-corrected chi connectivity index (χ1v) is 10.2. The summed E-state index contributed by atoms with van der Waals surface area (Å²) in [7, 11) is 0. The van der Waals surface area contributed by atoms with Crippen LogP contribution in [0.25, 0.3) is 23.0 Å². The summed E-state index contributed by atoms with van der Waals surface area (Å²) < 4.78 is 31.4. The number of hydrogen-bond donors (Lipinski definition) is 2. The zero-order valence-electron chi connectivity index (χ0n) is 17.3. The number of aromatic hydroxyl groups is 1. The fourth-order valence-corrected chi connectivity index (χ4v) is 4.81. The van der Waals surface area contributed by atoms with Crippen molar-refractivity contribution in [2.24, 2.45) is 0 Å². The van der Waals surface area contributed by atoms with Crippen molar-refractivity contribution in [2.75, 3.05) is 0 Å². The van der Waals surface area contributed by atoms with Gasteiger partial charge in [-0.1, -0.05) is 0 Å². The Hall–Kier alpha value is -3.13. The lowest BCUT2D eigenvalue weighted by molar-refractivity contribution is 0.151. The number of nitrogens with zero attached hydrogens (tertiary/aromatic N) is 4. The van der Waals surface area contributed by atoms with E-state index in [-0.39, 0.29) is 18.6 Å². The number of hydrogen-bond acceptors (Lipinski definition) is 5. The van der Waals surface area contributed by atoms with Gasteiger partial charge in [-0.05, 0) is 56.2 Å². The first-order chi connectivity index (χ1) is 14.8. The maximum Gasteiger partial charge on any atom is 0.140 e. The van der Waals surface area contributed by atoms with E-state index in [1.54, 1.807) is 67.5 Å². The van der Waals surface area contributed by atoms with Gasteiger partial charge in [0.1, 0.15) is 18.1 Å². The van der Waals surface area contributed by atoms with E-state index in [0.717, 1.165) is 5.69 Å². The summed E-state index contributed by atoms with van der Waals surface area (Å²) in [5, 5.41) is 22.0. The van der Waals surface area contributed by atoms with E-state index in [2.05, 4.69) is 20.5 Å². The monoisotopic (exact) mass is 423 g/mol. The molecule has 2 aliphatic heterocycles. The van der Waals surface area contributed by atoms with Gasteiger partial charge < -0.3 is 15.0 Å². The molecule has 2 saturated heterocycles. The summed E-state index contributed by atoms with van der Waals surface area (Å²) in [6.45, 7) is 3.53. The normalized spacial score (nSPS) is 31.3. The fraction of sp³-hybridized carbons (Fsp3) is 0.348. The fourth-order valence-electron chi connectivity index (χ4n) is 4.81. The largest absolute Gasteiger partial charge is 0.507 e. The molecule has 2 N–H and O–H groups in total. The lowest BCUT2D eigenvalue weighted by Gasteiger charge is -2.41. The molecule has 3 aromatic rings. The topological polar surface area (TPSA) is 75.9 Å². The summed E-state index contributed by atoms with van der Waals surface area (Å²) >= 11 is 0. The molecular formula is C23H23F2N5O. The molecule has 0 aliphatic carbocycles. The number of benzene rings is 1. The molecule has 2 aliphatic rings. The van der Waals surface area contributed by atoms with Crippen molar-refractivity contribution in [3.63, 3.8) is 0 Å². The maximum atomic E-state index is 15.1. The van der Waals surface area contributed by atoms with E-state index in [9.17, 15) is 9.50 Å². The number of rotatable bonds is 3. The number of fused-ring (bicyclic) bond motifs is 2. The van der Waals surface area contributed by atoms with Crippen LogP contribution in [-0.4, -0.2) is 48.3 Å². The minimum Gasteiger partial charge on any atom is -0.507 e. The molecule has 5 rings (SSSR count). The second kappa shape index (κ2) is 6.95. The Bertz CT molecular complexity index is 1150. The summed E-state index contributed by atoms with van der Waals surface area (Å²) in [6, 6.07) is 8.70. The predicted molar refractivity (Wildman–Crippen MR) is 113 cm³/mol. The van der Waals surface area contributed by atoms with Gasteiger partial charge in [0.2, 0.25) is 0 Å². The Morgan fingerprint density at radius 3 is 2.68 bits per heavy atom. The zero-order valence-corrected chi connectivity index (χ0v) is 17.3. The van der Waals surface area contributed by atoms with Gasteiger partial charge in [0.15, 0.2) is 0 Å². The number of alkyl halides is 2. The third-order valence-corrected chi connectivity index (χ3v) is 6.40. The first kappa shape index (κ1) is 19.8. The number of halogens is 2. The Balaban J connectivity index is 1.41. The highest BCUT2D eigenvalue weighted by atomic mass is 19.1. The molecule has 0 amide bonds. The number of piperidine rings is 1. The highest BCUT2D eigenvalue weighted by Gasteiger charge is 2.58. The van der Waals surface area contributed by atoms with Crippen LogP contribution in [0.1, 0.15) is 32.4 Å². The molecule has 2 aromatic heterocycles. The first-order valence-electron chi connectivity index (χ1n) is 10.2. The van der Waals surface area contributed by atoms with E-state index in [0.29, 0.717) is 22.5 Å². The molecule has 0 unspecified atom stereocenters. The Kier molecular flexibility index (Phi) is 4.44. The highest BCUT2D eigenvalue weighted by Crippen LogP contribution is 2.47. The SMILES string of the molecule is C[C@]12C/C(=C\c3ccc(-c4ccc(-n5ccnc5)cc4O)nn3)[C@H](F)[C@](C)(C[C@H]1F)N2. The van der Waals surface area contributed by atoms with Gasteiger partial charge in [-0.15, -0.1) is 5.10 Å². The van der Waals surface area contributed by atoms with E-state index < -0.39 is 23.4 Å². The van der Waals surface area contributed by atoms with Gasteiger partial charge in [-0.2, -0.15) is 5.10 Å². The van der Waals surface area contributed by atoms with Crippen molar-refractivity contribution < 1.29 is 13.9 Å². The molecule has 31 heavy (non-hydrogen) atoms. The Labute approximate surface area is 178 Å². The van der Waals surface area contributed by atoms with Gasteiger partial charge >= 0.3 is 0 Å². The third-order valence-electron chi connectivity index (χ3n) is 6.40. The van der Waals surface area contributed by atoms with Crippen molar-refractivity contribution >= 4 is 6.08 Å². The number of aromatic nitrogens is 4. The lowest BCUT2D eigenvalue weighted by atomic mass is 9.82. The van der Waals surface area contributed by atoms with Crippen LogP contribution < -0.4 is 5.32 Å². The molecule has 2 bridgehead atoms. The van der Waals surface area contributed by atoms with E-state index in [4.69, 9.17) is 0 Å². The number of nitrogens with one attached hydrogen (secondary N) is 1. The van der Waals surface area contributed by atoms with Gasteiger partial charge in [0, 0.05) is 30.4 Å². The molecule has 4 heterocycles. The van der Waals surface area contributed by atoms with Gasteiger partial charge in [-0.3, -0.25) is 0 Å². The average molecular weight is 423 g/mol. The van der Waals surface area contributed by atoms with Gasteiger partial charge in [0.05, 0.1) is 34.5 Å². The van der Waals surface area contributed by atoms with Crippen LogP contribution in [0.5, 0.6) is 5.75 Å². The third kappa shape index (κ3) is 3.31. The van der Waals surface area contributed by atoms with Crippen molar-refractivity contribution in [3.8, 4) is 22.7 Å². The lowest BCUT2D eigenvalue weighted by Crippen LogP contribution is -2.58. The molecule has 0 spiro atoms. The van der Waals surface area contributed by atoms with Gasteiger partial charge in [-0.25, -0.2) is 13.8 Å². The van der Waals surface area contributed by atoms with Crippen LogP contribution in [0.2, 0.25) is 0 Å².